The van der Waals surface area contributed by atoms with Crippen LogP contribution in [0.1, 0.15) is 18.4 Å². The summed E-state index contributed by atoms with van der Waals surface area (Å²) in [4.78, 5) is 6.62. The molecule has 0 spiro atoms. The van der Waals surface area contributed by atoms with Gasteiger partial charge in [0.2, 0.25) is 0 Å². The quantitative estimate of drug-likeness (QED) is 0.355. The third-order valence-corrected chi connectivity index (χ3v) is 3.70. The molecule has 1 fully saturated rings. The van der Waals surface area contributed by atoms with E-state index in [1.165, 1.54) is 24.1 Å². The highest BCUT2D eigenvalue weighted by Crippen LogP contribution is 2.19. The van der Waals surface area contributed by atoms with E-state index in [1.54, 1.807) is 0 Å². The van der Waals surface area contributed by atoms with Gasteiger partial charge in [-0.15, -0.1) is 24.0 Å². The van der Waals surface area contributed by atoms with Crippen molar-refractivity contribution in [2.24, 2.45) is 4.99 Å². The van der Waals surface area contributed by atoms with E-state index in [9.17, 15) is 0 Å². The average molecular weight is 398 g/mol. The first-order valence-electron chi connectivity index (χ1n) is 7.31. The van der Waals surface area contributed by atoms with Crippen LogP contribution in [-0.4, -0.2) is 32.1 Å². The molecule has 1 heterocycles. The van der Waals surface area contributed by atoms with Gasteiger partial charge < -0.3 is 15.5 Å². The van der Waals surface area contributed by atoms with Crippen LogP contribution in [-0.2, 0) is 6.54 Å². The molecule has 5 heteroatoms. The molecule has 4 nitrogen and oxygen atoms in total. The molecule has 0 atom stereocenters. The molecule has 0 unspecified atom stereocenters. The standard InChI is InChI=1S/C16H22N4.HI/c1-17-16(19-14-7-8-14)18-12-13-5-4-6-15(11-13)20-9-2-3-10-20;/h2-6,11,14H,7-10,12H2,1H3,(H2,17,18,19);1H. The maximum atomic E-state index is 4.26. The Morgan fingerprint density at radius 1 is 1.29 bits per heavy atom. The summed E-state index contributed by atoms with van der Waals surface area (Å²) in [7, 11) is 1.82. The van der Waals surface area contributed by atoms with E-state index < -0.39 is 0 Å². The predicted molar refractivity (Wildman–Crippen MR) is 99.6 cm³/mol. The highest BCUT2D eigenvalue weighted by molar-refractivity contribution is 14.0. The zero-order valence-electron chi connectivity index (χ0n) is 12.4. The topological polar surface area (TPSA) is 39.7 Å². The molecule has 1 saturated carbocycles. The van der Waals surface area contributed by atoms with Crippen molar-refractivity contribution in [2.45, 2.75) is 25.4 Å². The molecule has 2 aliphatic rings. The lowest BCUT2D eigenvalue weighted by Gasteiger charge is -2.19. The molecule has 1 aromatic carbocycles. The Morgan fingerprint density at radius 2 is 2.05 bits per heavy atom. The highest BCUT2D eigenvalue weighted by Gasteiger charge is 2.21. The molecule has 0 radical (unpaired) electrons. The van der Waals surface area contributed by atoms with Crippen LogP contribution in [0, 0.1) is 0 Å². The number of nitrogens with zero attached hydrogens (tertiary/aromatic N) is 2. The summed E-state index contributed by atoms with van der Waals surface area (Å²) in [6.45, 7) is 2.84. The first kappa shape index (κ1) is 16.1. The maximum absolute atomic E-state index is 4.26. The number of benzene rings is 1. The number of hydrogen-bond acceptors (Lipinski definition) is 2. The van der Waals surface area contributed by atoms with Crippen molar-refractivity contribution < 1.29 is 0 Å². The Labute approximate surface area is 143 Å². The van der Waals surface area contributed by atoms with Crippen LogP contribution in [0.3, 0.4) is 0 Å². The minimum absolute atomic E-state index is 0. The number of rotatable bonds is 4. The number of nitrogens with one attached hydrogen (secondary N) is 2. The van der Waals surface area contributed by atoms with Gasteiger partial charge in [-0.3, -0.25) is 4.99 Å². The number of halogens is 1. The van der Waals surface area contributed by atoms with Gasteiger partial charge >= 0.3 is 0 Å². The maximum Gasteiger partial charge on any atom is 0.191 e. The summed E-state index contributed by atoms with van der Waals surface area (Å²) in [6.07, 6.45) is 6.95. The lowest BCUT2D eigenvalue weighted by molar-refractivity contribution is 0.805. The van der Waals surface area contributed by atoms with Crippen molar-refractivity contribution in [3.8, 4) is 0 Å². The first-order valence-corrected chi connectivity index (χ1v) is 7.31. The lowest BCUT2D eigenvalue weighted by atomic mass is 10.2. The number of aliphatic imine (C=N–C) groups is 1. The third-order valence-electron chi connectivity index (χ3n) is 3.70. The van der Waals surface area contributed by atoms with Crippen molar-refractivity contribution in [3.05, 3.63) is 42.0 Å². The highest BCUT2D eigenvalue weighted by atomic mass is 127. The van der Waals surface area contributed by atoms with E-state index >= 15 is 0 Å². The molecule has 2 N–H and O–H groups in total. The Hall–Kier alpha value is -1.24. The van der Waals surface area contributed by atoms with Gasteiger partial charge in [0.1, 0.15) is 0 Å². The fourth-order valence-corrected chi connectivity index (χ4v) is 2.35. The largest absolute Gasteiger partial charge is 0.364 e. The monoisotopic (exact) mass is 398 g/mol. The van der Waals surface area contributed by atoms with E-state index in [1.807, 2.05) is 7.05 Å². The van der Waals surface area contributed by atoms with Gasteiger partial charge in [-0.05, 0) is 30.5 Å². The van der Waals surface area contributed by atoms with Gasteiger partial charge in [0.15, 0.2) is 5.96 Å². The predicted octanol–water partition coefficient (Wildman–Crippen LogP) is 2.51. The summed E-state index contributed by atoms with van der Waals surface area (Å²) < 4.78 is 0. The molecular formula is C16H23IN4. The Balaban J connectivity index is 0.00000161. The first-order chi connectivity index (χ1) is 9.85. The number of anilines is 1. The molecule has 1 aliphatic carbocycles. The van der Waals surface area contributed by atoms with E-state index in [0.29, 0.717) is 6.04 Å². The van der Waals surface area contributed by atoms with Crippen LogP contribution in [0.15, 0.2) is 41.4 Å². The number of guanidine groups is 1. The minimum Gasteiger partial charge on any atom is -0.364 e. The van der Waals surface area contributed by atoms with Crippen molar-refractivity contribution in [1.29, 1.82) is 0 Å². The SMILES string of the molecule is CN=C(NCc1cccc(N2CC=CC2)c1)NC1CC1.I. The van der Waals surface area contributed by atoms with E-state index in [0.717, 1.165) is 25.6 Å². The van der Waals surface area contributed by atoms with Crippen LogP contribution < -0.4 is 15.5 Å². The molecule has 114 valence electrons. The van der Waals surface area contributed by atoms with E-state index in [-0.39, 0.29) is 24.0 Å². The second-order valence-electron chi connectivity index (χ2n) is 5.39. The van der Waals surface area contributed by atoms with Crippen LogP contribution >= 0.6 is 24.0 Å². The van der Waals surface area contributed by atoms with Crippen LogP contribution in [0.4, 0.5) is 5.69 Å². The molecule has 0 bridgehead atoms. The summed E-state index contributed by atoms with van der Waals surface area (Å²) in [5, 5.41) is 6.78. The lowest BCUT2D eigenvalue weighted by Crippen LogP contribution is -2.38. The van der Waals surface area contributed by atoms with Gasteiger partial charge in [0.05, 0.1) is 0 Å². The van der Waals surface area contributed by atoms with E-state index in [4.69, 9.17) is 0 Å². The van der Waals surface area contributed by atoms with Gasteiger partial charge in [-0.25, -0.2) is 0 Å². The van der Waals surface area contributed by atoms with Crippen molar-refractivity contribution in [2.75, 3.05) is 25.0 Å². The Kier molecular flexibility index (Phi) is 5.90. The van der Waals surface area contributed by atoms with E-state index in [2.05, 4.69) is 56.9 Å². The number of hydrogen-bond donors (Lipinski definition) is 2. The van der Waals surface area contributed by atoms with Crippen molar-refractivity contribution in [3.63, 3.8) is 0 Å². The van der Waals surface area contributed by atoms with Gasteiger partial charge in [-0.2, -0.15) is 0 Å². The summed E-state index contributed by atoms with van der Waals surface area (Å²) >= 11 is 0. The van der Waals surface area contributed by atoms with Gasteiger partial charge in [-0.1, -0.05) is 24.3 Å². The summed E-state index contributed by atoms with van der Waals surface area (Å²) in [6, 6.07) is 9.34. The molecule has 3 rings (SSSR count). The molecular weight excluding hydrogens is 375 g/mol. The van der Waals surface area contributed by atoms with Gasteiger partial charge in [0.25, 0.3) is 0 Å². The second-order valence-corrected chi connectivity index (χ2v) is 5.39. The van der Waals surface area contributed by atoms with Crippen LogP contribution in [0.25, 0.3) is 0 Å². The molecule has 1 aromatic rings. The van der Waals surface area contributed by atoms with Crippen molar-refractivity contribution in [1.82, 2.24) is 10.6 Å². The molecule has 1 aliphatic heterocycles. The second kappa shape index (κ2) is 7.68. The van der Waals surface area contributed by atoms with Crippen molar-refractivity contribution >= 4 is 35.6 Å². The third kappa shape index (κ3) is 4.62. The summed E-state index contributed by atoms with van der Waals surface area (Å²) in [5.74, 6) is 0.903. The average Bonchev–Trinajstić information content (AvgIpc) is 3.13. The zero-order chi connectivity index (χ0) is 13.8. The Bertz CT molecular complexity index is 515. The normalized spacial score (nSPS) is 17.6. The van der Waals surface area contributed by atoms with Crippen LogP contribution in [0.5, 0.6) is 0 Å². The zero-order valence-corrected chi connectivity index (χ0v) is 14.7. The fraction of sp³-hybridized carbons (Fsp3) is 0.438. The molecule has 0 saturated heterocycles. The minimum atomic E-state index is 0. The summed E-state index contributed by atoms with van der Waals surface area (Å²) in [5.41, 5.74) is 2.58. The smallest absolute Gasteiger partial charge is 0.191 e. The molecule has 0 aromatic heterocycles. The van der Waals surface area contributed by atoms with Crippen LogP contribution in [0.2, 0.25) is 0 Å². The Morgan fingerprint density at radius 3 is 2.71 bits per heavy atom. The van der Waals surface area contributed by atoms with Gasteiger partial charge in [0, 0.05) is 38.4 Å². The fourth-order valence-electron chi connectivity index (χ4n) is 2.35. The molecule has 0 amide bonds. The molecule has 21 heavy (non-hydrogen) atoms.